The Hall–Kier alpha value is -1.02. The zero-order chi connectivity index (χ0) is 13.2. The topological polar surface area (TPSA) is 35.2 Å². The van der Waals surface area contributed by atoms with Crippen LogP contribution < -0.4 is 10.5 Å². The van der Waals surface area contributed by atoms with E-state index in [-0.39, 0.29) is 5.54 Å². The number of hydrogen-bond acceptors (Lipinski definition) is 2. The summed E-state index contributed by atoms with van der Waals surface area (Å²) in [5.41, 5.74) is 7.79. The lowest BCUT2D eigenvalue weighted by Crippen LogP contribution is -2.47. The van der Waals surface area contributed by atoms with Crippen molar-refractivity contribution in [3.63, 3.8) is 0 Å². The van der Waals surface area contributed by atoms with Gasteiger partial charge in [0.05, 0.1) is 6.61 Å². The average Bonchev–Trinajstić information content (AvgIpc) is 2.35. The molecule has 1 fully saturated rings. The number of rotatable bonds is 3. The molecule has 0 radical (unpaired) electrons. The van der Waals surface area contributed by atoms with Gasteiger partial charge >= 0.3 is 0 Å². The molecule has 18 heavy (non-hydrogen) atoms. The molecule has 1 aromatic carbocycles. The Morgan fingerprint density at radius 3 is 2.50 bits per heavy atom. The molecule has 0 aromatic heterocycles. The minimum absolute atomic E-state index is 0.164. The van der Waals surface area contributed by atoms with Gasteiger partial charge in [0.2, 0.25) is 0 Å². The predicted octanol–water partition coefficient (Wildman–Crippen LogP) is 3.70. The minimum atomic E-state index is -0.164. The van der Waals surface area contributed by atoms with E-state index in [0.717, 1.165) is 18.1 Å². The fourth-order valence-corrected chi connectivity index (χ4v) is 3.10. The Balaban J connectivity index is 2.22. The van der Waals surface area contributed by atoms with Gasteiger partial charge in [-0.2, -0.15) is 0 Å². The van der Waals surface area contributed by atoms with Gasteiger partial charge in [0.15, 0.2) is 0 Å². The maximum Gasteiger partial charge on any atom is 0.119 e. The fourth-order valence-electron chi connectivity index (χ4n) is 3.10. The summed E-state index contributed by atoms with van der Waals surface area (Å²) in [5.74, 6) is 2.20. The maximum atomic E-state index is 6.70. The molecule has 0 bridgehead atoms. The standard InChI is InChI=1S/C16H25NO/c1-4-18-15-9-7-14(8-10-15)16(17)11-12(2)5-6-13(16)3/h7-10,12-13H,4-6,11,17H2,1-3H3. The second-order valence-electron chi connectivity index (χ2n) is 5.79. The molecule has 1 aromatic rings. The van der Waals surface area contributed by atoms with E-state index in [4.69, 9.17) is 10.5 Å². The zero-order valence-corrected chi connectivity index (χ0v) is 11.8. The summed E-state index contributed by atoms with van der Waals surface area (Å²) >= 11 is 0. The van der Waals surface area contributed by atoms with Gasteiger partial charge in [0.1, 0.15) is 5.75 Å². The first-order chi connectivity index (χ1) is 8.56. The first-order valence-electron chi connectivity index (χ1n) is 7.08. The number of ether oxygens (including phenoxy) is 1. The smallest absolute Gasteiger partial charge is 0.119 e. The van der Waals surface area contributed by atoms with E-state index < -0.39 is 0 Å². The Kier molecular flexibility index (Phi) is 3.96. The molecule has 0 aliphatic heterocycles. The highest BCUT2D eigenvalue weighted by Crippen LogP contribution is 2.42. The van der Waals surface area contributed by atoms with Gasteiger partial charge in [-0.25, -0.2) is 0 Å². The van der Waals surface area contributed by atoms with Crippen LogP contribution in [0.2, 0.25) is 0 Å². The molecule has 0 spiro atoms. The summed E-state index contributed by atoms with van der Waals surface area (Å²) in [7, 11) is 0. The molecule has 0 heterocycles. The lowest BCUT2D eigenvalue weighted by molar-refractivity contribution is 0.162. The van der Waals surface area contributed by atoms with E-state index in [1.54, 1.807) is 0 Å². The molecule has 2 heteroatoms. The SMILES string of the molecule is CCOc1ccc(C2(N)CC(C)CCC2C)cc1. The van der Waals surface area contributed by atoms with Crippen molar-refractivity contribution in [2.45, 2.75) is 45.6 Å². The third kappa shape index (κ3) is 2.54. The molecule has 100 valence electrons. The molecular formula is C16H25NO. The largest absolute Gasteiger partial charge is 0.494 e. The minimum Gasteiger partial charge on any atom is -0.494 e. The van der Waals surface area contributed by atoms with Crippen LogP contribution in [0.4, 0.5) is 0 Å². The van der Waals surface area contributed by atoms with Crippen molar-refractivity contribution in [1.29, 1.82) is 0 Å². The molecule has 1 saturated carbocycles. The molecular weight excluding hydrogens is 222 g/mol. The van der Waals surface area contributed by atoms with Crippen LogP contribution in [0.5, 0.6) is 5.75 Å². The Morgan fingerprint density at radius 1 is 1.22 bits per heavy atom. The highest BCUT2D eigenvalue weighted by Gasteiger charge is 2.38. The molecule has 2 rings (SSSR count). The third-order valence-corrected chi connectivity index (χ3v) is 4.36. The molecule has 1 aliphatic rings. The summed E-state index contributed by atoms with van der Waals surface area (Å²) in [4.78, 5) is 0. The maximum absolute atomic E-state index is 6.70. The van der Waals surface area contributed by atoms with E-state index in [1.165, 1.54) is 18.4 Å². The van der Waals surface area contributed by atoms with Crippen LogP contribution in [0.15, 0.2) is 24.3 Å². The van der Waals surface area contributed by atoms with E-state index in [2.05, 4.69) is 26.0 Å². The van der Waals surface area contributed by atoms with Crippen LogP contribution >= 0.6 is 0 Å². The van der Waals surface area contributed by atoms with Crippen LogP contribution in [0.3, 0.4) is 0 Å². The van der Waals surface area contributed by atoms with Crippen molar-refractivity contribution in [1.82, 2.24) is 0 Å². The van der Waals surface area contributed by atoms with Crippen molar-refractivity contribution in [2.24, 2.45) is 17.6 Å². The van der Waals surface area contributed by atoms with Gasteiger partial charge in [-0.3, -0.25) is 0 Å². The molecule has 2 N–H and O–H groups in total. The summed E-state index contributed by atoms with van der Waals surface area (Å²) in [5, 5.41) is 0. The quantitative estimate of drug-likeness (QED) is 0.884. The van der Waals surface area contributed by atoms with Crippen LogP contribution in [0.1, 0.15) is 45.6 Å². The van der Waals surface area contributed by atoms with Crippen molar-refractivity contribution < 1.29 is 4.74 Å². The van der Waals surface area contributed by atoms with Gasteiger partial charge in [-0.15, -0.1) is 0 Å². The molecule has 2 nitrogen and oxygen atoms in total. The second-order valence-corrected chi connectivity index (χ2v) is 5.79. The molecule has 0 amide bonds. The van der Waals surface area contributed by atoms with E-state index in [1.807, 2.05) is 19.1 Å². The Morgan fingerprint density at radius 2 is 1.89 bits per heavy atom. The van der Waals surface area contributed by atoms with Gasteiger partial charge in [0, 0.05) is 5.54 Å². The number of nitrogens with two attached hydrogens (primary N) is 1. The van der Waals surface area contributed by atoms with Gasteiger partial charge in [0.25, 0.3) is 0 Å². The first-order valence-corrected chi connectivity index (χ1v) is 7.08. The van der Waals surface area contributed by atoms with E-state index in [0.29, 0.717) is 12.5 Å². The van der Waals surface area contributed by atoms with Crippen LogP contribution in [0.25, 0.3) is 0 Å². The number of hydrogen-bond donors (Lipinski definition) is 1. The molecule has 3 atom stereocenters. The van der Waals surface area contributed by atoms with Gasteiger partial charge < -0.3 is 10.5 Å². The predicted molar refractivity (Wildman–Crippen MR) is 75.7 cm³/mol. The lowest BCUT2D eigenvalue weighted by Gasteiger charge is -2.42. The van der Waals surface area contributed by atoms with Crippen molar-refractivity contribution in [3.05, 3.63) is 29.8 Å². The van der Waals surface area contributed by atoms with Gasteiger partial charge in [-0.05, 0) is 49.3 Å². The average molecular weight is 247 g/mol. The second kappa shape index (κ2) is 5.31. The normalized spacial score (nSPS) is 32.2. The highest BCUT2D eigenvalue weighted by atomic mass is 16.5. The summed E-state index contributed by atoms with van der Waals surface area (Å²) in [6.07, 6.45) is 3.62. The Bertz CT molecular complexity index is 387. The van der Waals surface area contributed by atoms with Gasteiger partial charge in [-0.1, -0.05) is 32.4 Å². The third-order valence-electron chi connectivity index (χ3n) is 4.36. The fraction of sp³-hybridized carbons (Fsp3) is 0.625. The molecule has 0 saturated heterocycles. The Labute approximate surface area is 111 Å². The summed E-state index contributed by atoms with van der Waals surface area (Å²) < 4.78 is 5.49. The van der Waals surface area contributed by atoms with E-state index in [9.17, 15) is 0 Å². The summed E-state index contributed by atoms with van der Waals surface area (Å²) in [6.45, 7) is 7.30. The molecule has 1 aliphatic carbocycles. The van der Waals surface area contributed by atoms with Crippen molar-refractivity contribution >= 4 is 0 Å². The lowest BCUT2D eigenvalue weighted by atomic mass is 9.67. The van der Waals surface area contributed by atoms with E-state index >= 15 is 0 Å². The first kappa shape index (κ1) is 13.4. The number of benzene rings is 1. The van der Waals surface area contributed by atoms with Crippen LogP contribution in [-0.4, -0.2) is 6.61 Å². The van der Waals surface area contributed by atoms with Crippen LogP contribution in [0, 0.1) is 11.8 Å². The van der Waals surface area contributed by atoms with Crippen molar-refractivity contribution in [2.75, 3.05) is 6.61 Å². The zero-order valence-electron chi connectivity index (χ0n) is 11.8. The summed E-state index contributed by atoms with van der Waals surface area (Å²) in [6, 6.07) is 8.36. The molecule has 3 unspecified atom stereocenters. The van der Waals surface area contributed by atoms with Crippen LogP contribution in [-0.2, 0) is 5.54 Å². The highest BCUT2D eigenvalue weighted by molar-refractivity contribution is 5.32. The van der Waals surface area contributed by atoms with Crippen molar-refractivity contribution in [3.8, 4) is 5.75 Å². The monoisotopic (exact) mass is 247 g/mol.